The lowest BCUT2D eigenvalue weighted by molar-refractivity contribution is 0.580. The summed E-state index contributed by atoms with van der Waals surface area (Å²) < 4.78 is 13.0. The van der Waals surface area contributed by atoms with E-state index in [1.165, 1.54) is 6.07 Å². The molecule has 0 aliphatic rings. The van der Waals surface area contributed by atoms with Crippen LogP contribution in [0.25, 0.3) is 0 Å². The summed E-state index contributed by atoms with van der Waals surface area (Å²) in [6, 6.07) is 10.6. The van der Waals surface area contributed by atoms with Gasteiger partial charge in [0.2, 0.25) is 5.95 Å². The zero-order valence-corrected chi connectivity index (χ0v) is 9.68. The summed E-state index contributed by atoms with van der Waals surface area (Å²) in [5, 5.41) is 0. The van der Waals surface area contributed by atoms with E-state index in [1.54, 1.807) is 18.3 Å². The number of rotatable bonds is 4. The van der Waals surface area contributed by atoms with Gasteiger partial charge in [-0.2, -0.15) is 4.39 Å². The number of hydrogen-bond donors (Lipinski definition) is 0. The van der Waals surface area contributed by atoms with E-state index in [2.05, 4.69) is 9.97 Å². The van der Waals surface area contributed by atoms with Crippen LogP contribution in [-0.4, -0.2) is 16.5 Å². The van der Waals surface area contributed by atoms with Crippen LogP contribution in [0.5, 0.6) is 0 Å². The summed E-state index contributed by atoms with van der Waals surface area (Å²) in [5.41, 5.74) is 0.945. The van der Waals surface area contributed by atoms with E-state index < -0.39 is 5.95 Å². The van der Waals surface area contributed by atoms with Crippen molar-refractivity contribution in [1.82, 2.24) is 9.97 Å². The summed E-state index contributed by atoms with van der Waals surface area (Å²) in [6.45, 7) is 3.40. The van der Waals surface area contributed by atoms with Crippen molar-refractivity contribution in [2.24, 2.45) is 0 Å². The largest absolute Gasteiger partial charge is 0.351 e. The minimum atomic E-state index is -0.457. The number of nitrogens with zero attached hydrogens (tertiary/aromatic N) is 3. The van der Waals surface area contributed by atoms with Gasteiger partial charge in [-0.15, -0.1) is 0 Å². The predicted octanol–water partition coefficient (Wildman–Crippen LogP) is 2.64. The molecule has 0 saturated carbocycles. The molecular formula is C13H14FN3. The second kappa shape index (κ2) is 5.39. The average molecular weight is 231 g/mol. The number of aromatic nitrogens is 2. The molecule has 2 aromatic heterocycles. The standard InChI is InChI=1S/C13H14FN3/c1-2-17(10-11-6-3-4-9-15-11)13-8-5-7-12(14)16-13/h3-9H,2,10H2,1H3. The van der Waals surface area contributed by atoms with Gasteiger partial charge in [-0.1, -0.05) is 12.1 Å². The van der Waals surface area contributed by atoms with Gasteiger partial charge in [-0.05, 0) is 31.2 Å². The SMILES string of the molecule is CCN(Cc1ccccn1)c1cccc(F)n1. The summed E-state index contributed by atoms with van der Waals surface area (Å²) in [4.78, 5) is 10.1. The highest BCUT2D eigenvalue weighted by Gasteiger charge is 2.07. The minimum Gasteiger partial charge on any atom is -0.351 e. The quantitative estimate of drug-likeness (QED) is 0.757. The lowest BCUT2D eigenvalue weighted by atomic mass is 10.3. The molecule has 0 aliphatic carbocycles. The molecule has 88 valence electrons. The monoisotopic (exact) mass is 231 g/mol. The highest BCUT2D eigenvalue weighted by atomic mass is 19.1. The fourth-order valence-electron chi connectivity index (χ4n) is 1.62. The van der Waals surface area contributed by atoms with E-state index in [9.17, 15) is 4.39 Å². The van der Waals surface area contributed by atoms with E-state index >= 15 is 0 Å². The zero-order chi connectivity index (χ0) is 12.1. The molecule has 2 heterocycles. The molecule has 0 unspecified atom stereocenters. The van der Waals surface area contributed by atoms with Crippen LogP contribution in [0.2, 0.25) is 0 Å². The first-order valence-electron chi connectivity index (χ1n) is 5.57. The van der Waals surface area contributed by atoms with E-state index in [1.807, 2.05) is 30.0 Å². The Bertz CT molecular complexity index is 473. The van der Waals surface area contributed by atoms with E-state index in [0.717, 1.165) is 12.2 Å². The van der Waals surface area contributed by atoms with Gasteiger partial charge in [-0.25, -0.2) is 4.98 Å². The van der Waals surface area contributed by atoms with Gasteiger partial charge >= 0.3 is 0 Å². The van der Waals surface area contributed by atoms with E-state index in [-0.39, 0.29) is 0 Å². The smallest absolute Gasteiger partial charge is 0.214 e. The molecular weight excluding hydrogens is 217 g/mol. The second-order valence-corrected chi connectivity index (χ2v) is 3.65. The lowest BCUT2D eigenvalue weighted by Crippen LogP contribution is -2.23. The van der Waals surface area contributed by atoms with Gasteiger partial charge in [0.15, 0.2) is 0 Å². The van der Waals surface area contributed by atoms with Gasteiger partial charge in [-0.3, -0.25) is 4.98 Å². The van der Waals surface area contributed by atoms with Crippen molar-refractivity contribution in [3.05, 3.63) is 54.2 Å². The van der Waals surface area contributed by atoms with Gasteiger partial charge in [0, 0.05) is 12.7 Å². The Labute approximate surface area is 99.9 Å². The summed E-state index contributed by atoms with van der Waals surface area (Å²) in [5.74, 6) is 0.181. The summed E-state index contributed by atoms with van der Waals surface area (Å²) >= 11 is 0. The molecule has 0 radical (unpaired) electrons. The summed E-state index contributed by atoms with van der Waals surface area (Å²) in [7, 11) is 0. The molecule has 17 heavy (non-hydrogen) atoms. The third kappa shape index (κ3) is 3.00. The third-order valence-corrected chi connectivity index (χ3v) is 2.49. The maximum atomic E-state index is 13.0. The first-order valence-corrected chi connectivity index (χ1v) is 5.57. The van der Waals surface area contributed by atoms with Crippen LogP contribution in [0.1, 0.15) is 12.6 Å². The molecule has 4 heteroatoms. The highest BCUT2D eigenvalue weighted by Crippen LogP contribution is 2.13. The first kappa shape index (κ1) is 11.5. The van der Waals surface area contributed by atoms with Crippen molar-refractivity contribution in [2.75, 3.05) is 11.4 Å². The first-order chi connectivity index (χ1) is 8.29. The second-order valence-electron chi connectivity index (χ2n) is 3.65. The van der Waals surface area contributed by atoms with Crippen molar-refractivity contribution >= 4 is 5.82 Å². The summed E-state index contributed by atoms with van der Waals surface area (Å²) in [6.07, 6.45) is 1.75. The molecule has 0 aliphatic heterocycles. The predicted molar refractivity (Wildman–Crippen MR) is 65.2 cm³/mol. The van der Waals surface area contributed by atoms with E-state index in [4.69, 9.17) is 0 Å². The zero-order valence-electron chi connectivity index (χ0n) is 9.68. The molecule has 2 aromatic rings. The number of hydrogen-bond acceptors (Lipinski definition) is 3. The molecule has 0 saturated heterocycles. The molecule has 0 fully saturated rings. The van der Waals surface area contributed by atoms with Gasteiger partial charge < -0.3 is 4.90 Å². The Morgan fingerprint density at radius 1 is 1.18 bits per heavy atom. The van der Waals surface area contributed by atoms with E-state index in [0.29, 0.717) is 12.4 Å². The average Bonchev–Trinajstić information content (AvgIpc) is 2.37. The minimum absolute atomic E-state index is 0.457. The number of halogens is 1. The fourth-order valence-corrected chi connectivity index (χ4v) is 1.62. The molecule has 0 amide bonds. The van der Waals surface area contributed by atoms with Crippen LogP contribution in [0.4, 0.5) is 10.2 Å². The molecule has 0 atom stereocenters. The van der Waals surface area contributed by atoms with Crippen molar-refractivity contribution < 1.29 is 4.39 Å². The van der Waals surface area contributed by atoms with Gasteiger partial charge in [0.25, 0.3) is 0 Å². The Kier molecular flexibility index (Phi) is 3.65. The van der Waals surface area contributed by atoms with Crippen LogP contribution >= 0.6 is 0 Å². The molecule has 0 aromatic carbocycles. The van der Waals surface area contributed by atoms with Crippen LogP contribution in [0.3, 0.4) is 0 Å². The Morgan fingerprint density at radius 3 is 2.71 bits per heavy atom. The highest BCUT2D eigenvalue weighted by molar-refractivity contribution is 5.38. The van der Waals surface area contributed by atoms with Crippen LogP contribution in [-0.2, 0) is 6.54 Å². The Morgan fingerprint density at radius 2 is 2.06 bits per heavy atom. The number of anilines is 1. The van der Waals surface area contributed by atoms with Gasteiger partial charge in [0.1, 0.15) is 5.82 Å². The molecule has 0 spiro atoms. The Balaban J connectivity index is 2.17. The normalized spacial score (nSPS) is 10.2. The molecule has 2 rings (SSSR count). The van der Waals surface area contributed by atoms with Crippen LogP contribution < -0.4 is 4.90 Å². The molecule has 3 nitrogen and oxygen atoms in total. The lowest BCUT2D eigenvalue weighted by Gasteiger charge is -2.21. The van der Waals surface area contributed by atoms with Crippen LogP contribution in [0.15, 0.2) is 42.6 Å². The van der Waals surface area contributed by atoms with Gasteiger partial charge in [0.05, 0.1) is 12.2 Å². The molecule has 0 N–H and O–H groups in total. The number of pyridine rings is 2. The van der Waals surface area contributed by atoms with Crippen molar-refractivity contribution in [3.63, 3.8) is 0 Å². The fraction of sp³-hybridized carbons (Fsp3) is 0.231. The Hall–Kier alpha value is -1.97. The van der Waals surface area contributed by atoms with Crippen molar-refractivity contribution in [1.29, 1.82) is 0 Å². The topological polar surface area (TPSA) is 29.0 Å². The molecule has 0 bridgehead atoms. The maximum Gasteiger partial charge on any atom is 0.214 e. The third-order valence-electron chi connectivity index (χ3n) is 2.49. The van der Waals surface area contributed by atoms with Crippen molar-refractivity contribution in [3.8, 4) is 0 Å². The maximum absolute atomic E-state index is 13.0. The van der Waals surface area contributed by atoms with Crippen LogP contribution in [0, 0.1) is 5.95 Å². The van der Waals surface area contributed by atoms with Crippen molar-refractivity contribution in [2.45, 2.75) is 13.5 Å².